The third-order valence-electron chi connectivity index (χ3n) is 3.86. The van der Waals surface area contributed by atoms with Gasteiger partial charge < -0.3 is 5.32 Å². The molecule has 0 saturated heterocycles. The molecular weight excluding hydrogens is 232 g/mol. The second kappa shape index (κ2) is 6.28. The quantitative estimate of drug-likeness (QED) is 0.815. The normalized spacial score (nSPS) is 17.5. The zero-order valence-electron chi connectivity index (χ0n) is 10.9. The van der Waals surface area contributed by atoms with E-state index in [0.29, 0.717) is 12.3 Å². The van der Waals surface area contributed by atoms with Crippen LogP contribution in [0.5, 0.6) is 0 Å². The Hall–Kier alpha value is -0.960. The molecule has 1 N–H and O–H groups in total. The van der Waals surface area contributed by atoms with Crippen molar-refractivity contribution in [2.45, 2.75) is 45.1 Å². The number of hydrogen-bond donors (Lipinski definition) is 1. The molecular formula is C15H21F2N. The highest BCUT2D eigenvalue weighted by Crippen LogP contribution is 2.31. The molecule has 1 aliphatic carbocycles. The Morgan fingerprint density at radius 2 is 1.94 bits per heavy atom. The van der Waals surface area contributed by atoms with E-state index < -0.39 is 11.6 Å². The topological polar surface area (TPSA) is 12.0 Å². The highest BCUT2D eigenvalue weighted by atomic mass is 19.1. The Morgan fingerprint density at radius 1 is 1.28 bits per heavy atom. The van der Waals surface area contributed by atoms with Crippen molar-refractivity contribution in [3.05, 3.63) is 35.4 Å². The summed E-state index contributed by atoms with van der Waals surface area (Å²) in [6, 6.07) is 4.32. The Labute approximate surface area is 108 Å². The van der Waals surface area contributed by atoms with Crippen molar-refractivity contribution >= 4 is 0 Å². The van der Waals surface area contributed by atoms with Gasteiger partial charge in [0.2, 0.25) is 0 Å². The van der Waals surface area contributed by atoms with Crippen LogP contribution in [0.1, 0.15) is 38.2 Å². The van der Waals surface area contributed by atoms with E-state index in [-0.39, 0.29) is 11.6 Å². The van der Waals surface area contributed by atoms with Crippen molar-refractivity contribution < 1.29 is 8.78 Å². The zero-order chi connectivity index (χ0) is 13.0. The molecule has 0 heterocycles. The maximum atomic E-state index is 13.7. The molecule has 1 unspecified atom stereocenters. The van der Waals surface area contributed by atoms with Gasteiger partial charge in [-0.1, -0.05) is 19.4 Å². The van der Waals surface area contributed by atoms with Crippen LogP contribution in [0.2, 0.25) is 0 Å². The summed E-state index contributed by atoms with van der Waals surface area (Å²) in [6.45, 7) is 3.02. The van der Waals surface area contributed by atoms with Gasteiger partial charge in [-0.3, -0.25) is 0 Å². The molecule has 2 rings (SSSR count). The van der Waals surface area contributed by atoms with Crippen molar-refractivity contribution in [1.29, 1.82) is 0 Å². The molecule has 1 atom stereocenters. The number of nitrogens with one attached hydrogen (secondary N) is 1. The van der Waals surface area contributed by atoms with Crippen molar-refractivity contribution in [3.8, 4) is 0 Å². The zero-order valence-corrected chi connectivity index (χ0v) is 10.9. The van der Waals surface area contributed by atoms with Crippen molar-refractivity contribution in [3.63, 3.8) is 0 Å². The van der Waals surface area contributed by atoms with Crippen molar-refractivity contribution in [1.82, 2.24) is 5.32 Å². The van der Waals surface area contributed by atoms with Gasteiger partial charge in [-0.05, 0) is 50.3 Å². The fourth-order valence-electron chi connectivity index (χ4n) is 2.52. The van der Waals surface area contributed by atoms with E-state index in [1.54, 1.807) is 0 Å². The van der Waals surface area contributed by atoms with E-state index >= 15 is 0 Å². The molecule has 0 spiro atoms. The molecule has 1 aromatic rings. The van der Waals surface area contributed by atoms with E-state index in [1.165, 1.54) is 37.5 Å². The number of rotatable bonds is 6. The van der Waals surface area contributed by atoms with Crippen LogP contribution in [0, 0.1) is 17.6 Å². The smallest absolute Gasteiger partial charge is 0.129 e. The minimum absolute atomic E-state index is 0.213. The highest BCUT2D eigenvalue weighted by Gasteiger charge is 2.28. The van der Waals surface area contributed by atoms with Gasteiger partial charge in [0.05, 0.1) is 0 Å². The van der Waals surface area contributed by atoms with Crippen LogP contribution >= 0.6 is 0 Å². The Bertz CT molecular complexity index is 368. The van der Waals surface area contributed by atoms with Crippen LogP contribution in [-0.4, -0.2) is 12.6 Å². The fourth-order valence-corrected chi connectivity index (χ4v) is 2.52. The molecule has 1 aliphatic rings. The minimum atomic E-state index is -0.419. The van der Waals surface area contributed by atoms with Crippen LogP contribution in [0.15, 0.2) is 18.2 Å². The van der Waals surface area contributed by atoms with Gasteiger partial charge in [-0.25, -0.2) is 8.78 Å². The summed E-state index contributed by atoms with van der Waals surface area (Å²) < 4.78 is 27.3. The van der Waals surface area contributed by atoms with E-state index in [2.05, 4.69) is 12.2 Å². The van der Waals surface area contributed by atoms with Crippen molar-refractivity contribution in [2.75, 3.05) is 6.54 Å². The lowest BCUT2D eigenvalue weighted by Crippen LogP contribution is -2.41. The first kappa shape index (κ1) is 13.5. The molecule has 1 saturated carbocycles. The predicted molar refractivity (Wildman–Crippen MR) is 69.5 cm³/mol. The molecule has 1 aromatic carbocycles. The third kappa shape index (κ3) is 3.08. The summed E-state index contributed by atoms with van der Waals surface area (Å²) in [6.07, 6.45) is 5.11. The first-order valence-corrected chi connectivity index (χ1v) is 6.88. The second-order valence-corrected chi connectivity index (χ2v) is 5.16. The molecule has 100 valence electrons. The molecule has 3 heteroatoms. The van der Waals surface area contributed by atoms with Gasteiger partial charge in [0.15, 0.2) is 0 Å². The Kier molecular flexibility index (Phi) is 4.70. The second-order valence-electron chi connectivity index (χ2n) is 5.16. The maximum Gasteiger partial charge on any atom is 0.129 e. The van der Waals surface area contributed by atoms with Gasteiger partial charge in [0.1, 0.15) is 11.6 Å². The fraction of sp³-hybridized carbons (Fsp3) is 0.600. The molecule has 18 heavy (non-hydrogen) atoms. The molecule has 0 aromatic heterocycles. The summed E-state index contributed by atoms with van der Waals surface area (Å²) >= 11 is 0. The SMILES string of the molecule is CCCNC(Cc1c(F)cccc1F)C1CCC1. The molecule has 0 bridgehead atoms. The predicted octanol–water partition coefficient (Wildman–Crippen LogP) is 3.68. The third-order valence-corrected chi connectivity index (χ3v) is 3.86. The largest absolute Gasteiger partial charge is 0.313 e. The Balaban J connectivity index is 2.07. The monoisotopic (exact) mass is 253 g/mol. The molecule has 1 nitrogen and oxygen atoms in total. The number of benzene rings is 1. The van der Waals surface area contributed by atoms with Gasteiger partial charge in [-0.2, -0.15) is 0 Å². The van der Waals surface area contributed by atoms with Gasteiger partial charge in [0, 0.05) is 11.6 Å². The minimum Gasteiger partial charge on any atom is -0.313 e. The van der Waals surface area contributed by atoms with E-state index in [1.807, 2.05) is 0 Å². The van der Waals surface area contributed by atoms with E-state index in [0.717, 1.165) is 13.0 Å². The summed E-state index contributed by atoms with van der Waals surface area (Å²) in [7, 11) is 0. The summed E-state index contributed by atoms with van der Waals surface area (Å²) in [5.41, 5.74) is 0.234. The van der Waals surface area contributed by atoms with Gasteiger partial charge in [-0.15, -0.1) is 0 Å². The first-order valence-electron chi connectivity index (χ1n) is 6.88. The molecule has 0 radical (unpaired) electrons. The molecule has 1 fully saturated rings. The summed E-state index contributed by atoms with van der Waals surface area (Å²) in [5, 5.41) is 3.44. The lowest BCUT2D eigenvalue weighted by Gasteiger charge is -2.34. The maximum absolute atomic E-state index is 13.7. The lowest BCUT2D eigenvalue weighted by atomic mass is 9.77. The van der Waals surface area contributed by atoms with Crippen LogP contribution in [-0.2, 0) is 6.42 Å². The van der Waals surface area contributed by atoms with Crippen molar-refractivity contribution in [2.24, 2.45) is 5.92 Å². The highest BCUT2D eigenvalue weighted by molar-refractivity contribution is 5.21. The van der Waals surface area contributed by atoms with Gasteiger partial charge >= 0.3 is 0 Å². The van der Waals surface area contributed by atoms with Crippen LogP contribution in [0.4, 0.5) is 8.78 Å². The van der Waals surface area contributed by atoms with Crippen LogP contribution in [0.3, 0.4) is 0 Å². The van der Waals surface area contributed by atoms with Gasteiger partial charge in [0.25, 0.3) is 0 Å². The molecule has 0 amide bonds. The summed E-state index contributed by atoms with van der Waals surface area (Å²) in [4.78, 5) is 0. The molecule has 0 aliphatic heterocycles. The average molecular weight is 253 g/mol. The van der Waals surface area contributed by atoms with E-state index in [4.69, 9.17) is 0 Å². The van der Waals surface area contributed by atoms with E-state index in [9.17, 15) is 8.78 Å². The van der Waals surface area contributed by atoms with Crippen LogP contribution < -0.4 is 5.32 Å². The number of halogens is 2. The van der Waals surface area contributed by atoms with Crippen LogP contribution in [0.25, 0.3) is 0 Å². The standard InChI is InChI=1S/C15H21F2N/c1-2-9-18-15(11-5-3-6-11)10-12-13(16)7-4-8-14(12)17/h4,7-8,11,15,18H,2-3,5-6,9-10H2,1H3. The Morgan fingerprint density at radius 3 is 2.44 bits per heavy atom. The lowest BCUT2D eigenvalue weighted by molar-refractivity contribution is 0.225. The number of hydrogen-bond acceptors (Lipinski definition) is 1. The summed E-state index contributed by atoms with van der Waals surface area (Å²) in [5.74, 6) is -0.259. The first-order chi connectivity index (χ1) is 8.72. The average Bonchev–Trinajstić information content (AvgIpc) is 2.28.